The van der Waals surface area contributed by atoms with Crippen molar-refractivity contribution in [2.45, 2.75) is 70.9 Å². The van der Waals surface area contributed by atoms with Crippen molar-refractivity contribution in [2.24, 2.45) is 5.73 Å². The summed E-state index contributed by atoms with van der Waals surface area (Å²) in [6, 6.07) is 14.8. The number of urea groups is 1. The molecule has 31 heavy (non-hydrogen) atoms. The van der Waals surface area contributed by atoms with Crippen LogP contribution in [0.4, 0.5) is 16.2 Å². The quantitative estimate of drug-likeness (QED) is 0.499. The van der Waals surface area contributed by atoms with E-state index < -0.39 is 22.8 Å². The molecule has 3 rings (SSSR count). The van der Waals surface area contributed by atoms with E-state index in [-0.39, 0.29) is 6.04 Å². The Balaban J connectivity index is 1.96. The van der Waals surface area contributed by atoms with Crippen molar-refractivity contribution < 1.29 is 13.6 Å². The summed E-state index contributed by atoms with van der Waals surface area (Å²) >= 11 is -2.42. The van der Waals surface area contributed by atoms with E-state index in [0.29, 0.717) is 5.69 Å². The van der Waals surface area contributed by atoms with Crippen molar-refractivity contribution >= 4 is 28.7 Å². The average Bonchev–Trinajstić information content (AvgIpc) is 2.97. The Hall–Kier alpha value is -2.38. The number of nitrogens with zero attached hydrogens (tertiary/aromatic N) is 2. The van der Waals surface area contributed by atoms with E-state index in [9.17, 15) is 13.6 Å². The van der Waals surface area contributed by atoms with Gasteiger partial charge in [-0.25, -0.2) is 4.79 Å². The molecule has 1 fully saturated rings. The Morgan fingerprint density at radius 3 is 2.10 bits per heavy atom. The van der Waals surface area contributed by atoms with Crippen LogP contribution in [-0.2, 0) is 11.3 Å². The Bertz CT molecular complexity index is 916. The fraction of sp³-hybridized carbons (Fsp3) is 0.458. The molecule has 6 nitrogen and oxygen atoms in total. The number of hydrogen-bond donors (Lipinski definition) is 1. The van der Waals surface area contributed by atoms with Crippen LogP contribution in [0.15, 0.2) is 48.5 Å². The number of rotatable bonds is 5. The molecule has 0 heterocycles. The maximum Gasteiger partial charge on any atom is 0.319 e. The highest BCUT2D eigenvalue weighted by molar-refractivity contribution is 7.80. The molecule has 1 aliphatic rings. The van der Waals surface area contributed by atoms with Gasteiger partial charge in [-0.3, -0.25) is 13.4 Å². The highest BCUT2D eigenvalue weighted by Crippen LogP contribution is 2.36. The predicted octanol–water partition coefficient (Wildman–Crippen LogP) is 5.36. The zero-order chi connectivity index (χ0) is 22.6. The molecule has 2 amide bonds. The van der Waals surface area contributed by atoms with Gasteiger partial charge >= 0.3 is 6.03 Å². The standard InChI is InChI=1S/C24H33N3O3S/c1-24(2,3)27(31(29)30)22-13-9-8-12-21(22)18-14-16-20(17-15-18)26(23(25)28)19-10-6-4-5-7-11-19/h8-9,12-17,19H,4-7,10-11H2,1-3H3,(H2,25,28)(H,29,30)/p-1. The molecule has 2 aromatic carbocycles. The minimum Gasteiger partial charge on any atom is -0.755 e. The van der Waals surface area contributed by atoms with Gasteiger partial charge in [-0.15, -0.1) is 0 Å². The number of benzene rings is 2. The Morgan fingerprint density at radius 1 is 1.00 bits per heavy atom. The van der Waals surface area contributed by atoms with Crippen LogP contribution >= 0.6 is 0 Å². The summed E-state index contributed by atoms with van der Waals surface area (Å²) in [6.45, 7) is 5.58. The lowest BCUT2D eigenvalue weighted by Gasteiger charge is -2.39. The molecule has 2 aromatic rings. The summed E-state index contributed by atoms with van der Waals surface area (Å²) in [5, 5.41) is 0. The van der Waals surface area contributed by atoms with Gasteiger partial charge in [0.1, 0.15) is 0 Å². The van der Waals surface area contributed by atoms with Crippen molar-refractivity contribution in [3.05, 3.63) is 48.5 Å². The average molecular weight is 443 g/mol. The summed E-state index contributed by atoms with van der Waals surface area (Å²) in [5.41, 5.74) is 8.24. The molecule has 0 saturated heterocycles. The van der Waals surface area contributed by atoms with Crippen LogP contribution in [-0.4, -0.2) is 26.4 Å². The van der Waals surface area contributed by atoms with Gasteiger partial charge in [-0.05, 0) is 57.4 Å². The lowest BCUT2D eigenvalue weighted by atomic mass is 10.00. The third-order valence-corrected chi connectivity index (χ3v) is 6.81. The molecular weight excluding hydrogens is 410 g/mol. The predicted molar refractivity (Wildman–Crippen MR) is 127 cm³/mol. The van der Waals surface area contributed by atoms with Crippen molar-refractivity contribution in [1.29, 1.82) is 0 Å². The highest BCUT2D eigenvalue weighted by Gasteiger charge is 2.26. The maximum absolute atomic E-state index is 12.3. The van der Waals surface area contributed by atoms with Crippen molar-refractivity contribution in [2.75, 3.05) is 9.21 Å². The van der Waals surface area contributed by atoms with E-state index in [0.717, 1.165) is 42.5 Å². The van der Waals surface area contributed by atoms with Gasteiger partial charge < -0.3 is 10.3 Å². The first-order chi connectivity index (χ1) is 14.7. The lowest BCUT2D eigenvalue weighted by Crippen LogP contribution is -2.43. The van der Waals surface area contributed by atoms with Gasteiger partial charge in [0.2, 0.25) is 0 Å². The molecule has 2 N–H and O–H groups in total. The Kier molecular flexibility index (Phi) is 7.38. The number of hydrogen-bond acceptors (Lipinski definition) is 3. The zero-order valence-electron chi connectivity index (χ0n) is 18.5. The summed E-state index contributed by atoms with van der Waals surface area (Å²) in [7, 11) is 0. The topological polar surface area (TPSA) is 89.7 Å². The van der Waals surface area contributed by atoms with Gasteiger partial charge in [-0.1, -0.05) is 56.0 Å². The fourth-order valence-electron chi connectivity index (χ4n) is 4.40. The Labute approximate surface area is 187 Å². The number of nitrogens with two attached hydrogens (primary N) is 1. The number of amides is 2. The maximum atomic E-state index is 12.3. The van der Waals surface area contributed by atoms with E-state index in [1.807, 2.05) is 69.3 Å². The number of primary amides is 1. The number of carbonyl (C=O) groups is 1. The molecule has 0 aliphatic heterocycles. The fourth-order valence-corrected chi connectivity index (χ4v) is 5.16. The molecular formula is C24H32N3O3S-. The minimum absolute atomic E-state index is 0.123. The van der Waals surface area contributed by atoms with Crippen molar-refractivity contribution in [1.82, 2.24) is 0 Å². The van der Waals surface area contributed by atoms with Gasteiger partial charge in [0.25, 0.3) is 0 Å². The second-order valence-corrected chi connectivity index (χ2v) is 9.90. The van der Waals surface area contributed by atoms with Crippen LogP contribution in [0.3, 0.4) is 0 Å². The third kappa shape index (κ3) is 5.46. The minimum atomic E-state index is -2.42. The van der Waals surface area contributed by atoms with Gasteiger partial charge in [0.05, 0.1) is 5.69 Å². The first-order valence-corrected chi connectivity index (χ1v) is 11.9. The molecule has 1 unspecified atom stereocenters. The van der Waals surface area contributed by atoms with Gasteiger partial charge in [0, 0.05) is 34.1 Å². The third-order valence-electron chi connectivity index (χ3n) is 5.76. The molecule has 0 spiro atoms. The molecule has 168 valence electrons. The van der Waals surface area contributed by atoms with Crippen LogP contribution < -0.4 is 14.9 Å². The smallest absolute Gasteiger partial charge is 0.319 e. The number of para-hydroxylation sites is 1. The first-order valence-electron chi connectivity index (χ1n) is 10.9. The van der Waals surface area contributed by atoms with Crippen molar-refractivity contribution in [3.63, 3.8) is 0 Å². The zero-order valence-corrected chi connectivity index (χ0v) is 19.4. The normalized spacial score (nSPS) is 16.4. The number of carbonyl (C=O) groups excluding carboxylic acids is 1. The van der Waals surface area contributed by atoms with E-state index in [1.165, 1.54) is 17.1 Å². The highest BCUT2D eigenvalue weighted by atomic mass is 32.2. The van der Waals surface area contributed by atoms with Gasteiger partial charge in [-0.2, -0.15) is 0 Å². The Morgan fingerprint density at radius 2 is 1.58 bits per heavy atom. The second kappa shape index (κ2) is 9.83. The number of anilines is 2. The summed E-state index contributed by atoms with van der Waals surface area (Å²) < 4.78 is 25.4. The van der Waals surface area contributed by atoms with Crippen molar-refractivity contribution in [3.8, 4) is 11.1 Å². The molecule has 7 heteroatoms. The van der Waals surface area contributed by atoms with E-state index in [2.05, 4.69) is 0 Å². The summed E-state index contributed by atoms with van der Waals surface area (Å²) in [4.78, 5) is 14.0. The summed E-state index contributed by atoms with van der Waals surface area (Å²) in [5.74, 6) is 0. The lowest BCUT2D eigenvalue weighted by molar-refractivity contribution is 0.251. The van der Waals surface area contributed by atoms with E-state index >= 15 is 0 Å². The van der Waals surface area contributed by atoms with Crippen LogP contribution in [0, 0.1) is 0 Å². The molecule has 0 aromatic heterocycles. The second-order valence-electron chi connectivity index (χ2n) is 9.10. The first kappa shape index (κ1) is 23.3. The molecule has 0 bridgehead atoms. The summed E-state index contributed by atoms with van der Waals surface area (Å²) in [6.07, 6.45) is 6.53. The van der Waals surface area contributed by atoms with Crippen LogP contribution in [0.5, 0.6) is 0 Å². The SMILES string of the molecule is CC(C)(C)N(c1ccccc1-c1ccc(N(C(N)=O)C2CCCCCC2)cc1)S(=O)[O-]. The molecule has 1 aliphatic carbocycles. The molecule has 1 atom stereocenters. The largest absolute Gasteiger partial charge is 0.755 e. The van der Waals surface area contributed by atoms with E-state index in [4.69, 9.17) is 5.73 Å². The monoisotopic (exact) mass is 442 g/mol. The molecule has 0 radical (unpaired) electrons. The van der Waals surface area contributed by atoms with Crippen LogP contribution in [0.2, 0.25) is 0 Å². The molecule has 1 saturated carbocycles. The van der Waals surface area contributed by atoms with E-state index in [1.54, 1.807) is 4.90 Å². The van der Waals surface area contributed by atoms with Gasteiger partial charge in [0.15, 0.2) is 0 Å². The van der Waals surface area contributed by atoms with Crippen LogP contribution in [0.25, 0.3) is 11.1 Å². The van der Waals surface area contributed by atoms with Crippen LogP contribution in [0.1, 0.15) is 59.3 Å².